The van der Waals surface area contributed by atoms with E-state index in [0.717, 1.165) is 44.8 Å². The minimum Gasteiger partial charge on any atom is -0.436 e. The fraction of sp³-hybridized carbons (Fsp3) is 0.786. The van der Waals surface area contributed by atoms with Crippen molar-refractivity contribution < 1.29 is 24.0 Å². The number of rotatable bonds is 13. The van der Waals surface area contributed by atoms with Crippen molar-refractivity contribution in [2.24, 2.45) is 0 Å². The molecule has 0 aromatic rings. The molecule has 0 unspecified atom stereocenters. The summed E-state index contributed by atoms with van der Waals surface area (Å²) in [5.41, 5.74) is 2.48. The fourth-order valence-electron chi connectivity index (χ4n) is 1.66. The Kier molecular flexibility index (Phi) is 13.6. The van der Waals surface area contributed by atoms with E-state index < -0.39 is 6.16 Å². The largest absolute Gasteiger partial charge is 0.527 e. The number of unbranched alkanes of at least 4 members (excludes halogenated alkanes) is 5. The fourth-order valence-corrected chi connectivity index (χ4v) is 1.66. The molecule has 0 rings (SSSR count). The van der Waals surface area contributed by atoms with E-state index in [1.54, 1.807) is 0 Å². The highest BCUT2D eigenvalue weighted by Gasteiger charge is 2.01. The molecule has 0 aliphatic rings. The first kappa shape index (κ1) is 19.4. The van der Waals surface area contributed by atoms with Crippen LogP contribution in [0.5, 0.6) is 0 Å². The van der Waals surface area contributed by atoms with Crippen LogP contribution < -0.4 is 10.8 Å². The minimum atomic E-state index is -0.762. The molecule has 0 spiro atoms. The van der Waals surface area contributed by atoms with Crippen LogP contribution in [-0.4, -0.2) is 38.5 Å². The summed E-state index contributed by atoms with van der Waals surface area (Å²) >= 11 is 0. The van der Waals surface area contributed by atoms with E-state index >= 15 is 0 Å². The molecule has 0 aromatic heterocycles. The van der Waals surface area contributed by atoms with Crippen molar-refractivity contribution in [1.29, 1.82) is 0 Å². The van der Waals surface area contributed by atoms with Crippen molar-refractivity contribution in [3.05, 3.63) is 0 Å². The summed E-state index contributed by atoms with van der Waals surface area (Å²) in [5.74, 6) is 0.0594. The molecule has 0 heterocycles. The third-order valence-electron chi connectivity index (χ3n) is 2.83. The summed E-state index contributed by atoms with van der Waals surface area (Å²) in [6, 6.07) is 0. The molecular formula is C14H26N2O5. The highest BCUT2D eigenvalue weighted by molar-refractivity contribution is 5.75. The second-order valence-electron chi connectivity index (χ2n) is 4.63. The number of hydrogen-bond donors (Lipinski definition) is 2. The molecular weight excluding hydrogens is 276 g/mol. The molecule has 2 N–H and O–H groups in total. The second-order valence-corrected chi connectivity index (χ2v) is 4.63. The van der Waals surface area contributed by atoms with E-state index in [-0.39, 0.29) is 5.91 Å². The maximum Gasteiger partial charge on any atom is 0.527 e. The summed E-state index contributed by atoms with van der Waals surface area (Å²) in [7, 11) is 1.24. The van der Waals surface area contributed by atoms with Crippen molar-refractivity contribution in [1.82, 2.24) is 10.8 Å². The lowest BCUT2D eigenvalue weighted by Gasteiger charge is -2.05. The van der Waals surface area contributed by atoms with Gasteiger partial charge >= 0.3 is 6.16 Å². The van der Waals surface area contributed by atoms with E-state index in [1.165, 1.54) is 7.11 Å². The topological polar surface area (TPSA) is 93.7 Å². The lowest BCUT2D eigenvalue weighted by atomic mass is 10.2. The normalized spacial score (nSPS) is 9.95. The lowest BCUT2D eigenvalue weighted by molar-refractivity contribution is -0.121. The SMILES string of the molecule is COC(=O)ONCCCCCC(=O)NCCCCCC=O. The Hall–Kier alpha value is -1.63. The van der Waals surface area contributed by atoms with Gasteiger partial charge < -0.3 is 19.7 Å². The van der Waals surface area contributed by atoms with Gasteiger partial charge in [-0.05, 0) is 25.7 Å². The van der Waals surface area contributed by atoms with Crippen LogP contribution in [0.4, 0.5) is 4.79 Å². The van der Waals surface area contributed by atoms with E-state index in [0.29, 0.717) is 25.9 Å². The molecule has 0 aromatic carbocycles. The van der Waals surface area contributed by atoms with Crippen LogP contribution in [0.3, 0.4) is 0 Å². The van der Waals surface area contributed by atoms with Gasteiger partial charge in [-0.2, -0.15) is 0 Å². The summed E-state index contributed by atoms with van der Waals surface area (Å²) in [6.07, 6.45) is 6.52. The standard InChI is InChI=1S/C14H26N2O5/c1-20-14(19)21-16-11-7-4-5-9-13(18)15-10-6-2-3-8-12-17/h12,16H,2-11H2,1H3,(H,15,18). The van der Waals surface area contributed by atoms with E-state index in [4.69, 9.17) is 0 Å². The van der Waals surface area contributed by atoms with Gasteiger partial charge in [0.1, 0.15) is 6.29 Å². The average molecular weight is 302 g/mol. The van der Waals surface area contributed by atoms with Crippen molar-refractivity contribution in [3.8, 4) is 0 Å². The van der Waals surface area contributed by atoms with Crippen molar-refractivity contribution in [2.75, 3.05) is 20.2 Å². The maximum absolute atomic E-state index is 11.5. The third-order valence-corrected chi connectivity index (χ3v) is 2.83. The zero-order valence-corrected chi connectivity index (χ0v) is 12.7. The van der Waals surface area contributed by atoms with Crippen LogP contribution >= 0.6 is 0 Å². The molecule has 0 fully saturated rings. The predicted molar refractivity (Wildman–Crippen MR) is 77.5 cm³/mol. The summed E-state index contributed by atoms with van der Waals surface area (Å²) in [5, 5.41) is 2.86. The van der Waals surface area contributed by atoms with Gasteiger partial charge in [-0.15, -0.1) is 5.48 Å². The molecule has 0 saturated heterocycles. The molecule has 1 amide bonds. The second kappa shape index (κ2) is 14.8. The van der Waals surface area contributed by atoms with Crippen LogP contribution in [-0.2, 0) is 19.2 Å². The molecule has 7 nitrogen and oxygen atoms in total. The third kappa shape index (κ3) is 14.6. The monoisotopic (exact) mass is 302 g/mol. The number of carbonyl (C=O) groups is 3. The summed E-state index contributed by atoms with van der Waals surface area (Å²) in [6.45, 7) is 1.21. The van der Waals surface area contributed by atoms with Gasteiger partial charge in [-0.1, -0.05) is 12.8 Å². The summed E-state index contributed by atoms with van der Waals surface area (Å²) < 4.78 is 4.28. The van der Waals surface area contributed by atoms with Crippen molar-refractivity contribution in [3.63, 3.8) is 0 Å². The lowest BCUT2D eigenvalue weighted by Crippen LogP contribution is -2.24. The minimum absolute atomic E-state index is 0.0594. The highest BCUT2D eigenvalue weighted by atomic mass is 16.8. The molecule has 0 bridgehead atoms. The molecule has 0 aliphatic carbocycles. The number of nitrogens with one attached hydrogen (secondary N) is 2. The van der Waals surface area contributed by atoms with Gasteiger partial charge in [-0.25, -0.2) is 4.79 Å². The smallest absolute Gasteiger partial charge is 0.436 e. The molecule has 122 valence electrons. The van der Waals surface area contributed by atoms with Gasteiger partial charge in [-0.3, -0.25) is 4.79 Å². The Bertz CT molecular complexity index is 297. The Morgan fingerprint density at radius 3 is 2.43 bits per heavy atom. The first-order valence-corrected chi connectivity index (χ1v) is 7.38. The summed E-state index contributed by atoms with van der Waals surface area (Å²) in [4.78, 5) is 36.7. The Balaban J connectivity index is 3.22. The molecule has 21 heavy (non-hydrogen) atoms. The van der Waals surface area contributed by atoms with Crippen LogP contribution in [0.2, 0.25) is 0 Å². The predicted octanol–water partition coefficient (Wildman–Crippen LogP) is 1.71. The Morgan fingerprint density at radius 1 is 1.00 bits per heavy atom. The van der Waals surface area contributed by atoms with Crippen LogP contribution in [0.25, 0.3) is 0 Å². The Morgan fingerprint density at radius 2 is 1.71 bits per heavy atom. The number of carbonyl (C=O) groups excluding carboxylic acids is 3. The van der Waals surface area contributed by atoms with Gasteiger partial charge in [0.2, 0.25) is 5.91 Å². The maximum atomic E-state index is 11.5. The number of amides is 1. The molecule has 0 aliphatic heterocycles. The number of hydrogen-bond acceptors (Lipinski definition) is 6. The first-order valence-electron chi connectivity index (χ1n) is 7.38. The van der Waals surface area contributed by atoms with Crippen molar-refractivity contribution >= 4 is 18.3 Å². The highest BCUT2D eigenvalue weighted by Crippen LogP contribution is 2.00. The van der Waals surface area contributed by atoms with E-state index in [1.807, 2.05) is 0 Å². The zero-order valence-electron chi connectivity index (χ0n) is 12.7. The van der Waals surface area contributed by atoms with Crippen molar-refractivity contribution in [2.45, 2.75) is 51.4 Å². The number of methoxy groups -OCH3 is 1. The van der Waals surface area contributed by atoms with Crippen LogP contribution in [0.15, 0.2) is 0 Å². The quantitative estimate of drug-likeness (QED) is 0.233. The zero-order chi connectivity index (χ0) is 15.8. The molecule has 0 radical (unpaired) electrons. The van der Waals surface area contributed by atoms with Gasteiger partial charge in [0.15, 0.2) is 0 Å². The molecule has 7 heteroatoms. The molecule has 0 atom stereocenters. The number of aldehydes is 1. The van der Waals surface area contributed by atoms with Gasteiger partial charge in [0, 0.05) is 25.9 Å². The Labute approximate surface area is 125 Å². The van der Waals surface area contributed by atoms with E-state index in [2.05, 4.69) is 20.4 Å². The van der Waals surface area contributed by atoms with Crippen LogP contribution in [0, 0.1) is 0 Å². The number of hydroxylamine groups is 1. The van der Waals surface area contributed by atoms with Gasteiger partial charge in [0.05, 0.1) is 7.11 Å². The van der Waals surface area contributed by atoms with Crippen LogP contribution in [0.1, 0.15) is 51.4 Å². The first-order chi connectivity index (χ1) is 10.2. The number of ether oxygens (including phenoxy) is 1. The molecule has 0 saturated carbocycles. The average Bonchev–Trinajstić information content (AvgIpc) is 2.49. The van der Waals surface area contributed by atoms with Gasteiger partial charge in [0.25, 0.3) is 0 Å². The van der Waals surface area contributed by atoms with E-state index in [9.17, 15) is 14.4 Å².